The van der Waals surface area contributed by atoms with Crippen molar-refractivity contribution in [3.8, 4) is 0 Å². The van der Waals surface area contributed by atoms with Crippen molar-refractivity contribution in [1.29, 1.82) is 0 Å². The molecule has 12 heavy (non-hydrogen) atoms. The minimum atomic E-state index is -4.33. The maximum Gasteiger partial charge on any atom is 0.416 e. The molecule has 0 fully saturated rings. The van der Waals surface area contributed by atoms with E-state index in [-0.39, 0.29) is 5.69 Å². The van der Waals surface area contributed by atoms with Gasteiger partial charge in [0.15, 0.2) is 0 Å². The Morgan fingerprint density at radius 3 is 2.25 bits per heavy atom. The van der Waals surface area contributed by atoms with Crippen LogP contribution in [0.1, 0.15) is 11.1 Å². The summed E-state index contributed by atoms with van der Waals surface area (Å²) in [6, 6.07) is 3.08. The molecule has 65 valence electrons. The van der Waals surface area contributed by atoms with Gasteiger partial charge in [-0.15, -0.1) is 0 Å². The van der Waals surface area contributed by atoms with Crippen LogP contribution in [0, 0.1) is 6.92 Å². The van der Waals surface area contributed by atoms with E-state index in [9.17, 15) is 13.2 Å². The Kier molecular flexibility index (Phi) is 2.00. The van der Waals surface area contributed by atoms with Gasteiger partial charge in [0.2, 0.25) is 0 Å². The second-order valence-electron chi connectivity index (χ2n) is 2.41. The summed E-state index contributed by atoms with van der Waals surface area (Å²) in [5.74, 6) is 0. The van der Waals surface area contributed by atoms with E-state index in [2.05, 4.69) is 6.92 Å². The number of rotatable bonds is 0. The molecule has 0 aromatic heterocycles. The lowest BCUT2D eigenvalue weighted by Gasteiger charge is -2.07. The van der Waals surface area contributed by atoms with E-state index in [4.69, 9.17) is 5.73 Å². The number of nitrogen functional groups attached to an aromatic ring is 1. The van der Waals surface area contributed by atoms with Crippen LogP contribution in [-0.4, -0.2) is 0 Å². The summed E-state index contributed by atoms with van der Waals surface area (Å²) >= 11 is 0. The fraction of sp³-hybridized carbons (Fsp3) is 0.125. The molecule has 1 nitrogen and oxygen atoms in total. The summed E-state index contributed by atoms with van der Waals surface area (Å²) in [7, 11) is 0. The SMILES string of the molecule is [CH2]c1ccc(C(F)(F)F)cc1N. The smallest absolute Gasteiger partial charge is 0.398 e. The minimum Gasteiger partial charge on any atom is -0.398 e. The standard InChI is InChI=1S/C8H7F3N/c1-5-2-3-6(4-7(5)12)8(9,10)11/h2-4H,1,12H2. The Hall–Kier alpha value is -1.19. The molecular formula is C8H7F3N. The van der Waals surface area contributed by atoms with Crippen LogP contribution in [-0.2, 0) is 6.18 Å². The lowest BCUT2D eigenvalue weighted by molar-refractivity contribution is -0.137. The van der Waals surface area contributed by atoms with Gasteiger partial charge in [-0.05, 0) is 24.6 Å². The van der Waals surface area contributed by atoms with E-state index >= 15 is 0 Å². The first-order chi connectivity index (χ1) is 5.41. The number of alkyl halides is 3. The van der Waals surface area contributed by atoms with Crippen molar-refractivity contribution < 1.29 is 13.2 Å². The van der Waals surface area contributed by atoms with Crippen molar-refractivity contribution in [1.82, 2.24) is 0 Å². The van der Waals surface area contributed by atoms with Gasteiger partial charge >= 0.3 is 6.18 Å². The van der Waals surface area contributed by atoms with Crippen molar-refractivity contribution in [2.75, 3.05) is 5.73 Å². The quantitative estimate of drug-likeness (QED) is 0.600. The Balaban J connectivity index is 3.14. The van der Waals surface area contributed by atoms with Gasteiger partial charge in [-0.2, -0.15) is 13.2 Å². The Morgan fingerprint density at radius 1 is 1.25 bits per heavy atom. The van der Waals surface area contributed by atoms with E-state index in [1.807, 2.05) is 0 Å². The third-order valence-corrected chi connectivity index (χ3v) is 1.47. The van der Waals surface area contributed by atoms with Crippen LogP contribution in [0.15, 0.2) is 18.2 Å². The zero-order valence-electron chi connectivity index (χ0n) is 6.15. The number of benzene rings is 1. The van der Waals surface area contributed by atoms with Gasteiger partial charge in [0, 0.05) is 5.69 Å². The van der Waals surface area contributed by atoms with Gasteiger partial charge < -0.3 is 5.73 Å². The molecule has 0 bridgehead atoms. The molecule has 0 atom stereocenters. The summed E-state index contributed by atoms with van der Waals surface area (Å²) in [5, 5.41) is 0. The minimum absolute atomic E-state index is 0.0600. The molecule has 1 aromatic rings. The summed E-state index contributed by atoms with van der Waals surface area (Å²) in [5.41, 5.74) is 4.98. The number of nitrogens with two attached hydrogens (primary N) is 1. The number of hydrogen-bond donors (Lipinski definition) is 1. The van der Waals surface area contributed by atoms with Gasteiger partial charge in [-0.3, -0.25) is 0 Å². The first-order valence-corrected chi connectivity index (χ1v) is 3.20. The summed E-state index contributed by atoms with van der Waals surface area (Å²) in [4.78, 5) is 0. The van der Waals surface area contributed by atoms with E-state index in [0.717, 1.165) is 12.1 Å². The third kappa shape index (κ3) is 1.69. The highest BCUT2D eigenvalue weighted by molar-refractivity contribution is 5.51. The van der Waals surface area contributed by atoms with Crippen molar-refractivity contribution in [2.24, 2.45) is 0 Å². The highest BCUT2D eigenvalue weighted by Gasteiger charge is 2.30. The molecule has 0 unspecified atom stereocenters. The zero-order valence-corrected chi connectivity index (χ0v) is 6.15. The molecule has 1 radical (unpaired) electrons. The molecule has 0 aliphatic rings. The van der Waals surface area contributed by atoms with E-state index < -0.39 is 11.7 Å². The third-order valence-electron chi connectivity index (χ3n) is 1.47. The van der Waals surface area contributed by atoms with Gasteiger partial charge in [0.05, 0.1) is 5.56 Å². The molecule has 0 aliphatic heterocycles. The van der Waals surface area contributed by atoms with Gasteiger partial charge in [0.1, 0.15) is 0 Å². The maximum absolute atomic E-state index is 12.0. The fourth-order valence-corrected chi connectivity index (χ4v) is 0.771. The predicted molar refractivity (Wildman–Crippen MR) is 40.3 cm³/mol. The van der Waals surface area contributed by atoms with Crippen LogP contribution >= 0.6 is 0 Å². The number of hydrogen-bond acceptors (Lipinski definition) is 1. The summed E-state index contributed by atoms with van der Waals surface area (Å²) < 4.78 is 36.1. The van der Waals surface area contributed by atoms with Gasteiger partial charge in [-0.25, -0.2) is 0 Å². The van der Waals surface area contributed by atoms with Crippen LogP contribution < -0.4 is 5.73 Å². The zero-order chi connectivity index (χ0) is 9.35. The van der Waals surface area contributed by atoms with Gasteiger partial charge in [0.25, 0.3) is 0 Å². The monoisotopic (exact) mass is 174 g/mol. The van der Waals surface area contributed by atoms with Crippen molar-refractivity contribution in [3.05, 3.63) is 36.2 Å². The molecule has 4 heteroatoms. The highest BCUT2D eigenvalue weighted by atomic mass is 19.4. The normalized spacial score (nSPS) is 11.7. The molecule has 0 heterocycles. The van der Waals surface area contributed by atoms with Crippen molar-refractivity contribution >= 4 is 5.69 Å². The molecule has 0 spiro atoms. The highest BCUT2D eigenvalue weighted by Crippen LogP contribution is 2.30. The maximum atomic E-state index is 12.0. The molecule has 1 aromatic carbocycles. The number of anilines is 1. The molecule has 2 N–H and O–H groups in total. The number of halogens is 3. The summed E-state index contributed by atoms with van der Waals surface area (Å²) in [6.45, 7) is 3.45. The first kappa shape index (κ1) is 8.90. The van der Waals surface area contributed by atoms with E-state index in [0.29, 0.717) is 5.56 Å². The lowest BCUT2D eigenvalue weighted by atomic mass is 10.1. The topological polar surface area (TPSA) is 26.0 Å². The Labute approximate surface area is 68.0 Å². The van der Waals surface area contributed by atoms with Crippen LogP contribution in [0.2, 0.25) is 0 Å². The van der Waals surface area contributed by atoms with Crippen molar-refractivity contribution in [3.63, 3.8) is 0 Å². The molecule has 0 amide bonds. The average Bonchev–Trinajstić information content (AvgIpc) is 1.92. The van der Waals surface area contributed by atoms with E-state index in [1.54, 1.807) is 0 Å². The van der Waals surface area contributed by atoms with E-state index in [1.165, 1.54) is 6.07 Å². The molecule has 0 aliphatic carbocycles. The lowest BCUT2D eigenvalue weighted by Crippen LogP contribution is -2.05. The van der Waals surface area contributed by atoms with Crippen molar-refractivity contribution in [2.45, 2.75) is 6.18 Å². The second-order valence-corrected chi connectivity index (χ2v) is 2.41. The van der Waals surface area contributed by atoms with Gasteiger partial charge in [-0.1, -0.05) is 6.07 Å². The first-order valence-electron chi connectivity index (χ1n) is 3.20. The molecule has 0 saturated carbocycles. The largest absolute Gasteiger partial charge is 0.416 e. The molecular weight excluding hydrogens is 167 g/mol. The second kappa shape index (κ2) is 2.69. The van der Waals surface area contributed by atoms with Crippen LogP contribution in [0.25, 0.3) is 0 Å². The summed E-state index contributed by atoms with van der Waals surface area (Å²) in [6.07, 6.45) is -4.33. The average molecular weight is 174 g/mol. The molecule has 1 rings (SSSR count). The fourth-order valence-electron chi connectivity index (χ4n) is 0.771. The Bertz CT molecular complexity index is 291. The predicted octanol–water partition coefficient (Wildman–Crippen LogP) is 2.47. The Morgan fingerprint density at radius 2 is 1.83 bits per heavy atom. The van der Waals surface area contributed by atoms with Crippen LogP contribution in [0.4, 0.5) is 18.9 Å². The molecule has 0 saturated heterocycles. The van der Waals surface area contributed by atoms with Crippen LogP contribution in [0.5, 0.6) is 0 Å². The van der Waals surface area contributed by atoms with Crippen LogP contribution in [0.3, 0.4) is 0 Å².